The molecule has 1 aromatic heterocycles. The number of benzene rings is 1. The van der Waals surface area contributed by atoms with Crippen molar-refractivity contribution < 1.29 is 13.2 Å². The number of piperazine rings is 1. The minimum atomic E-state index is -4.35. The highest BCUT2D eigenvalue weighted by Crippen LogP contribution is 2.29. The number of alkyl halides is 3. The molecule has 0 spiro atoms. The zero-order valence-corrected chi connectivity index (χ0v) is 21.0. The molecule has 0 radical (unpaired) electrons. The summed E-state index contributed by atoms with van der Waals surface area (Å²) in [4.78, 5) is 17.6. The van der Waals surface area contributed by atoms with Crippen molar-refractivity contribution in [2.24, 2.45) is 4.99 Å². The molecule has 0 atom stereocenters. The van der Waals surface area contributed by atoms with Gasteiger partial charge in [0.05, 0.1) is 12.1 Å². The average Bonchev–Trinajstić information content (AvgIpc) is 2.81. The summed E-state index contributed by atoms with van der Waals surface area (Å²) in [6.07, 6.45) is 0.117. The van der Waals surface area contributed by atoms with E-state index in [1.54, 1.807) is 18.5 Å². The van der Waals surface area contributed by atoms with Crippen molar-refractivity contribution in [3.63, 3.8) is 0 Å². The number of nitrogens with one attached hydrogen (secondary N) is 2. The van der Waals surface area contributed by atoms with Crippen LogP contribution in [0, 0.1) is 0 Å². The Morgan fingerprint density at radius 3 is 2.45 bits per heavy atom. The van der Waals surface area contributed by atoms with Crippen molar-refractivity contribution in [2.75, 3.05) is 50.7 Å². The summed E-state index contributed by atoms with van der Waals surface area (Å²) in [7, 11) is 0. The van der Waals surface area contributed by atoms with Gasteiger partial charge >= 0.3 is 6.18 Å². The maximum absolute atomic E-state index is 12.9. The fourth-order valence-electron chi connectivity index (χ4n) is 3.49. The lowest BCUT2D eigenvalue weighted by atomic mass is 10.1. The molecule has 2 N–H and O–H groups in total. The van der Waals surface area contributed by atoms with Crippen LogP contribution >= 0.6 is 24.0 Å². The molecular formula is C22H31F3IN7. The number of aliphatic imine (C=N–C) groups is 1. The molecule has 1 saturated heterocycles. The molecule has 1 fully saturated rings. The zero-order chi connectivity index (χ0) is 22.8. The summed E-state index contributed by atoms with van der Waals surface area (Å²) in [5.74, 6) is 1.39. The van der Waals surface area contributed by atoms with Crippen LogP contribution in [-0.4, -0.2) is 66.6 Å². The van der Waals surface area contributed by atoms with Crippen LogP contribution in [-0.2, 0) is 12.7 Å². The Labute approximate surface area is 209 Å². The van der Waals surface area contributed by atoms with Crippen molar-refractivity contribution in [2.45, 2.75) is 26.1 Å². The van der Waals surface area contributed by atoms with Gasteiger partial charge in [-0.2, -0.15) is 13.2 Å². The van der Waals surface area contributed by atoms with E-state index in [2.05, 4.69) is 35.4 Å². The highest BCUT2D eigenvalue weighted by molar-refractivity contribution is 14.0. The standard InChI is InChI=1S/C22H30F3N7.HI/c1-2-26-20(30-17-18-6-3-7-19(16-18)22(23,24)25)27-10-5-11-31-12-14-32(15-13-31)21-28-8-4-9-29-21;/h3-4,6-9,16H,2,5,10-15,17H2,1H3,(H2,26,27,30);1H. The molecule has 3 rings (SSSR count). The quantitative estimate of drug-likeness (QED) is 0.217. The van der Waals surface area contributed by atoms with Crippen LogP contribution in [0.1, 0.15) is 24.5 Å². The summed E-state index contributed by atoms with van der Waals surface area (Å²) >= 11 is 0. The second kappa shape index (κ2) is 13.5. The van der Waals surface area contributed by atoms with Gasteiger partial charge in [-0.3, -0.25) is 4.90 Å². The van der Waals surface area contributed by atoms with Crippen molar-refractivity contribution in [3.8, 4) is 0 Å². The molecule has 1 aliphatic heterocycles. The van der Waals surface area contributed by atoms with E-state index >= 15 is 0 Å². The minimum absolute atomic E-state index is 0. The largest absolute Gasteiger partial charge is 0.416 e. The van der Waals surface area contributed by atoms with E-state index in [0.29, 0.717) is 18.1 Å². The fraction of sp³-hybridized carbons (Fsp3) is 0.500. The zero-order valence-electron chi connectivity index (χ0n) is 18.7. The van der Waals surface area contributed by atoms with E-state index in [-0.39, 0.29) is 30.5 Å². The van der Waals surface area contributed by atoms with E-state index in [1.807, 2.05) is 13.0 Å². The second-order valence-electron chi connectivity index (χ2n) is 7.55. The van der Waals surface area contributed by atoms with Gasteiger partial charge in [-0.15, -0.1) is 24.0 Å². The van der Waals surface area contributed by atoms with Gasteiger partial charge in [0.25, 0.3) is 0 Å². The SMILES string of the molecule is CCNC(=NCc1cccc(C(F)(F)F)c1)NCCCN1CCN(c2ncccn2)CC1.I. The number of aromatic nitrogens is 2. The smallest absolute Gasteiger partial charge is 0.357 e. The first kappa shape index (κ1) is 27.1. The molecule has 0 unspecified atom stereocenters. The van der Waals surface area contributed by atoms with Gasteiger partial charge < -0.3 is 15.5 Å². The summed E-state index contributed by atoms with van der Waals surface area (Å²) in [5.41, 5.74) is -0.126. The number of hydrogen-bond acceptors (Lipinski definition) is 5. The van der Waals surface area contributed by atoms with Crippen molar-refractivity contribution in [1.82, 2.24) is 25.5 Å². The van der Waals surface area contributed by atoms with Gasteiger partial charge in [0, 0.05) is 51.7 Å². The monoisotopic (exact) mass is 577 g/mol. The first-order valence-corrected chi connectivity index (χ1v) is 10.9. The van der Waals surface area contributed by atoms with Crippen LogP contribution in [0.15, 0.2) is 47.7 Å². The maximum Gasteiger partial charge on any atom is 0.416 e. The normalized spacial score (nSPS) is 15.2. The summed E-state index contributed by atoms with van der Waals surface area (Å²) in [5, 5.41) is 6.41. The summed E-state index contributed by atoms with van der Waals surface area (Å²) < 4.78 is 38.6. The fourth-order valence-corrected chi connectivity index (χ4v) is 3.49. The van der Waals surface area contributed by atoms with Crippen molar-refractivity contribution in [1.29, 1.82) is 0 Å². The van der Waals surface area contributed by atoms with Crippen LogP contribution in [0.5, 0.6) is 0 Å². The van der Waals surface area contributed by atoms with E-state index < -0.39 is 11.7 Å². The van der Waals surface area contributed by atoms with Gasteiger partial charge in [0.1, 0.15) is 0 Å². The van der Waals surface area contributed by atoms with Crippen LogP contribution in [0.4, 0.5) is 19.1 Å². The number of anilines is 1. The third-order valence-corrected chi connectivity index (χ3v) is 5.17. The second-order valence-corrected chi connectivity index (χ2v) is 7.55. The van der Waals surface area contributed by atoms with Crippen LogP contribution in [0.2, 0.25) is 0 Å². The highest BCUT2D eigenvalue weighted by atomic mass is 127. The van der Waals surface area contributed by atoms with Crippen molar-refractivity contribution in [3.05, 3.63) is 53.9 Å². The van der Waals surface area contributed by atoms with E-state index in [4.69, 9.17) is 0 Å². The molecule has 0 bridgehead atoms. The predicted molar refractivity (Wildman–Crippen MR) is 135 cm³/mol. The van der Waals surface area contributed by atoms with Crippen LogP contribution in [0.25, 0.3) is 0 Å². The van der Waals surface area contributed by atoms with Crippen LogP contribution in [0.3, 0.4) is 0 Å². The molecule has 0 amide bonds. The summed E-state index contributed by atoms with van der Waals surface area (Å²) in [6.45, 7) is 8.24. The average molecular weight is 577 g/mol. The van der Waals surface area contributed by atoms with Crippen LogP contribution < -0.4 is 15.5 Å². The topological polar surface area (TPSA) is 68.7 Å². The van der Waals surface area contributed by atoms with E-state index in [1.165, 1.54) is 6.07 Å². The molecule has 2 heterocycles. The van der Waals surface area contributed by atoms with Gasteiger partial charge in [0.2, 0.25) is 5.95 Å². The van der Waals surface area contributed by atoms with Gasteiger partial charge in [-0.1, -0.05) is 12.1 Å². The third-order valence-electron chi connectivity index (χ3n) is 5.17. The van der Waals surface area contributed by atoms with Crippen molar-refractivity contribution >= 4 is 35.9 Å². The number of nitrogens with zero attached hydrogens (tertiary/aromatic N) is 5. The molecule has 1 aromatic carbocycles. The lowest BCUT2D eigenvalue weighted by Crippen LogP contribution is -2.47. The minimum Gasteiger partial charge on any atom is -0.357 e. The lowest BCUT2D eigenvalue weighted by Gasteiger charge is -2.34. The Kier molecular flexibility index (Phi) is 11.1. The Hall–Kier alpha value is -2.15. The Morgan fingerprint density at radius 1 is 1.06 bits per heavy atom. The maximum atomic E-state index is 12.9. The molecule has 33 heavy (non-hydrogen) atoms. The molecule has 1 aliphatic rings. The van der Waals surface area contributed by atoms with E-state index in [0.717, 1.165) is 63.8 Å². The first-order chi connectivity index (χ1) is 15.5. The lowest BCUT2D eigenvalue weighted by molar-refractivity contribution is -0.137. The Morgan fingerprint density at radius 2 is 1.79 bits per heavy atom. The molecule has 0 saturated carbocycles. The molecule has 2 aromatic rings. The van der Waals surface area contributed by atoms with Gasteiger partial charge in [-0.05, 0) is 43.7 Å². The molecular weight excluding hydrogens is 546 g/mol. The number of guanidine groups is 1. The molecule has 182 valence electrons. The van der Waals surface area contributed by atoms with Gasteiger partial charge in [-0.25, -0.2) is 15.0 Å². The highest BCUT2D eigenvalue weighted by Gasteiger charge is 2.30. The molecule has 0 aliphatic carbocycles. The number of halogens is 4. The predicted octanol–water partition coefficient (Wildman–Crippen LogP) is 3.38. The van der Waals surface area contributed by atoms with E-state index in [9.17, 15) is 13.2 Å². The third kappa shape index (κ3) is 8.95. The first-order valence-electron chi connectivity index (χ1n) is 10.9. The molecule has 11 heteroatoms. The Balaban J connectivity index is 0.00000385. The Bertz CT molecular complexity index is 857. The number of hydrogen-bond donors (Lipinski definition) is 2. The summed E-state index contributed by atoms with van der Waals surface area (Å²) in [6, 6.07) is 7.11. The number of rotatable bonds is 8. The van der Waals surface area contributed by atoms with Gasteiger partial charge in [0.15, 0.2) is 5.96 Å². The molecule has 7 nitrogen and oxygen atoms in total.